The van der Waals surface area contributed by atoms with Crippen LogP contribution >= 0.6 is 11.6 Å². The van der Waals surface area contributed by atoms with Crippen molar-refractivity contribution in [3.63, 3.8) is 0 Å². The maximum absolute atomic E-state index is 12.6. The van der Waals surface area contributed by atoms with E-state index in [9.17, 15) is 4.79 Å². The number of ether oxygens (including phenoxy) is 1. The van der Waals surface area contributed by atoms with Crippen LogP contribution in [0.5, 0.6) is 5.75 Å². The Morgan fingerprint density at radius 3 is 2.86 bits per heavy atom. The first-order chi connectivity index (χ1) is 13.7. The Morgan fingerprint density at radius 2 is 2.04 bits per heavy atom. The Labute approximate surface area is 169 Å². The second-order valence-corrected chi connectivity index (χ2v) is 7.66. The first kappa shape index (κ1) is 18.8. The second kappa shape index (κ2) is 8.65. The van der Waals surface area contributed by atoms with Crippen LogP contribution in [0.1, 0.15) is 37.4 Å². The number of piperidine rings is 1. The summed E-state index contributed by atoms with van der Waals surface area (Å²) in [6.45, 7) is 2.08. The molecule has 0 spiro atoms. The highest BCUT2D eigenvalue weighted by molar-refractivity contribution is 6.30. The predicted molar refractivity (Wildman–Crippen MR) is 111 cm³/mol. The minimum absolute atomic E-state index is 0.195. The van der Waals surface area contributed by atoms with Crippen molar-refractivity contribution in [3.05, 3.63) is 59.4 Å². The summed E-state index contributed by atoms with van der Waals surface area (Å²) < 4.78 is 5.68. The molecule has 146 valence electrons. The number of carbonyl (C=O) groups excluding carboxylic acids is 1. The Hall–Kier alpha value is -2.53. The molecule has 0 saturated carbocycles. The number of H-pyrrole nitrogens is 1. The molecule has 1 fully saturated rings. The zero-order valence-corrected chi connectivity index (χ0v) is 16.5. The molecular weight excluding hydrogens is 374 g/mol. The number of aromatic nitrogens is 2. The summed E-state index contributed by atoms with van der Waals surface area (Å²) in [5.41, 5.74) is 2.04. The molecule has 1 atom stereocenters. The highest BCUT2D eigenvalue weighted by atomic mass is 35.5. The van der Waals surface area contributed by atoms with Gasteiger partial charge in [-0.05, 0) is 55.7 Å². The van der Waals surface area contributed by atoms with Crippen LogP contribution < -0.4 is 4.74 Å². The lowest BCUT2D eigenvalue weighted by atomic mass is 9.97. The molecule has 6 heteroatoms. The van der Waals surface area contributed by atoms with E-state index in [0.29, 0.717) is 24.5 Å². The lowest BCUT2D eigenvalue weighted by molar-refractivity contribution is -0.132. The fourth-order valence-electron chi connectivity index (χ4n) is 3.70. The van der Waals surface area contributed by atoms with Crippen LogP contribution in [0.4, 0.5) is 0 Å². The summed E-state index contributed by atoms with van der Waals surface area (Å²) in [7, 11) is 0. The minimum Gasteiger partial charge on any atom is -0.494 e. The summed E-state index contributed by atoms with van der Waals surface area (Å²) in [4.78, 5) is 22.7. The lowest BCUT2D eigenvalue weighted by Crippen LogP contribution is -2.39. The van der Waals surface area contributed by atoms with E-state index in [-0.39, 0.29) is 11.8 Å². The summed E-state index contributed by atoms with van der Waals surface area (Å²) in [6.07, 6.45) is 3.27. The number of hydrogen-bond donors (Lipinski definition) is 1. The average Bonchev–Trinajstić information content (AvgIpc) is 3.17. The smallest absolute Gasteiger partial charge is 0.222 e. The van der Waals surface area contributed by atoms with Gasteiger partial charge in [-0.1, -0.05) is 23.7 Å². The van der Waals surface area contributed by atoms with Crippen molar-refractivity contribution in [2.75, 3.05) is 19.7 Å². The van der Waals surface area contributed by atoms with E-state index in [1.165, 1.54) is 0 Å². The number of benzene rings is 2. The molecule has 3 aromatic rings. The van der Waals surface area contributed by atoms with Crippen molar-refractivity contribution < 1.29 is 9.53 Å². The van der Waals surface area contributed by atoms with Crippen molar-refractivity contribution in [1.82, 2.24) is 14.9 Å². The fourth-order valence-corrected chi connectivity index (χ4v) is 3.82. The maximum Gasteiger partial charge on any atom is 0.222 e. The van der Waals surface area contributed by atoms with E-state index < -0.39 is 0 Å². The Morgan fingerprint density at radius 1 is 1.21 bits per heavy atom. The molecule has 1 aromatic heterocycles. The van der Waals surface area contributed by atoms with E-state index in [4.69, 9.17) is 21.3 Å². The number of rotatable bonds is 6. The SMILES string of the molecule is O=C(CCCOc1ccc(Cl)cc1)N1CCCC(c2nc3ccccc3[nH]2)C1. The van der Waals surface area contributed by atoms with Gasteiger partial charge >= 0.3 is 0 Å². The van der Waals surface area contributed by atoms with Gasteiger partial charge in [-0.2, -0.15) is 0 Å². The minimum atomic E-state index is 0.195. The van der Waals surface area contributed by atoms with Gasteiger partial charge in [0.1, 0.15) is 11.6 Å². The van der Waals surface area contributed by atoms with Crippen LogP contribution in [-0.4, -0.2) is 40.5 Å². The first-order valence-electron chi connectivity index (χ1n) is 9.80. The van der Waals surface area contributed by atoms with Gasteiger partial charge in [0, 0.05) is 30.5 Å². The number of para-hydroxylation sites is 2. The lowest BCUT2D eigenvalue weighted by Gasteiger charge is -2.32. The van der Waals surface area contributed by atoms with Crippen LogP contribution in [0, 0.1) is 0 Å². The van der Waals surface area contributed by atoms with Crippen LogP contribution in [0.25, 0.3) is 11.0 Å². The van der Waals surface area contributed by atoms with E-state index in [1.807, 2.05) is 41.3 Å². The monoisotopic (exact) mass is 397 g/mol. The van der Waals surface area contributed by atoms with Crippen molar-refractivity contribution in [2.45, 2.75) is 31.6 Å². The number of amides is 1. The maximum atomic E-state index is 12.6. The highest BCUT2D eigenvalue weighted by Crippen LogP contribution is 2.27. The van der Waals surface area contributed by atoms with Crippen LogP contribution in [0.3, 0.4) is 0 Å². The molecule has 1 aliphatic heterocycles. The number of nitrogens with zero attached hydrogens (tertiary/aromatic N) is 2. The number of likely N-dealkylation sites (tertiary alicyclic amines) is 1. The third kappa shape index (κ3) is 4.47. The van der Waals surface area contributed by atoms with Crippen molar-refractivity contribution >= 4 is 28.5 Å². The van der Waals surface area contributed by atoms with Gasteiger partial charge in [-0.15, -0.1) is 0 Å². The molecule has 1 saturated heterocycles. The zero-order chi connectivity index (χ0) is 19.3. The van der Waals surface area contributed by atoms with Crippen molar-refractivity contribution in [1.29, 1.82) is 0 Å². The second-order valence-electron chi connectivity index (χ2n) is 7.22. The number of fused-ring (bicyclic) bond motifs is 1. The molecule has 1 amide bonds. The molecule has 1 aliphatic rings. The highest BCUT2D eigenvalue weighted by Gasteiger charge is 2.26. The molecule has 0 bridgehead atoms. The zero-order valence-electron chi connectivity index (χ0n) is 15.7. The van der Waals surface area contributed by atoms with Crippen molar-refractivity contribution in [2.24, 2.45) is 0 Å². The molecule has 5 nitrogen and oxygen atoms in total. The van der Waals surface area contributed by atoms with Gasteiger partial charge < -0.3 is 14.6 Å². The predicted octanol–water partition coefficient (Wildman–Crippen LogP) is 4.78. The number of halogens is 1. The van der Waals surface area contributed by atoms with Gasteiger partial charge in [0.05, 0.1) is 17.6 Å². The quantitative estimate of drug-likeness (QED) is 0.609. The van der Waals surface area contributed by atoms with Crippen LogP contribution in [-0.2, 0) is 4.79 Å². The molecule has 1 N–H and O–H groups in total. The van der Waals surface area contributed by atoms with Gasteiger partial charge in [0.15, 0.2) is 0 Å². The third-order valence-electron chi connectivity index (χ3n) is 5.19. The van der Waals surface area contributed by atoms with Gasteiger partial charge in [-0.3, -0.25) is 4.79 Å². The Kier molecular flexibility index (Phi) is 5.81. The molecule has 28 heavy (non-hydrogen) atoms. The Balaban J connectivity index is 1.27. The van der Waals surface area contributed by atoms with Crippen LogP contribution in [0.2, 0.25) is 5.02 Å². The summed E-state index contributed by atoms with van der Waals surface area (Å²) in [6, 6.07) is 15.3. The first-order valence-corrected chi connectivity index (χ1v) is 10.2. The van der Waals surface area contributed by atoms with Crippen molar-refractivity contribution in [3.8, 4) is 5.75 Å². The Bertz CT molecular complexity index is 905. The number of carbonyl (C=O) groups is 1. The summed E-state index contributed by atoms with van der Waals surface area (Å²) in [5.74, 6) is 2.24. The molecule has 4 rings (SSSR count). The molecule has 1 unspecified atom stereocenters. The van der Waals surface area contributed by atoms with E-state index >= 15 is 0 Å². The number of aromatic amines is 1. The molecule has 2 heterocycles. The average molecular weight is 398 g/mol. The molecule has 0 aliphatic carbocycles. The van der Waals surface area contributed by atoms with Gasteiger partial charge in [0.2, 0.25) is 5.91 Å². The topological polar surface area (TPSA) is 58.2 Å². The largest absolute Gasteiger partial charge is 0.494 e. The summed E-state index contributed by atoms with van der Waals surface area (Å²) >= 11 is 5.87. The fraction of sp³-hybridized carbons (Fsp3) is 0.364. The standard InChI is InChI=1S/C22H24ClN3O2/c23-17-9-11-18(12-10-17)28-14-4-8-21(27)26-13-3-5-16(15-26)22-24-19-6-1-2-7-20(19)25-22/h1-2,6-7,9-12,16H,3-5,8,13-15H2,(H,24,25). The van der Waals surface area contributed by atoms with Crippen LogP contribution in [0.15, 0.2) is 48.5 Å². The number of imidazole rings is 1. The van der Waals surface area contributed by atoms with Gasteiger partial charge in [0.25, 0.3) is 0 Å². The number of nitrogens with one attached hydrogen (secondary N) is 1. The summed E-state index contributed by atoms with van der Waals surface area (Å²) in [5, 5.41) is 0.687. The molecule has 2 aromatic carbocycles. The van der Waals surface area contributed by atoms with E-state index in [1.54, 1.807) is 12.1 Å². The molecule has 0 radical (unpaired) electrons. The van der Waals surface area contributed by atoms with E-state index in [0.717, 1.165) is 48.5 Å². The normalized spacial score (nSPS) is 17.0. The number of hydrogen-bond acceptors (Lipinski definition) is 3. The third-order valence-corrected chi connectivity index (χ3v) is 5.44. The van der Waals surface area contributed by atoms with E-state index in [2.05, 4.69) is 4.98 Å². The molecular formula is C22H24ClN3O2. The van der Waals surface area contributed by atoms with Gasteiger partial charge in [-0.25, -0.2) is 4.98 Å².